The number of nitrogens with zero attached hydrogens (tertiary/aromatic N) is 1. The lowest BCUT2D eigenvalue weighted by atomic mass is 9.96. The van der Waals surface area contributed by atoms with Gasteiger partial charge < -0.3 is 19.8 Å². The number of hydrogen-bond donors (Lipinski definition) is 2. The van der Waals surface area contributed by atoms with Crippen molar-refractivity contribution in [3.05, 3.63) is 48.2 Å². The molecule has 1 aromatic heterocycles. The first kappa shape index (κ1) is 15.3. The van der Waals surface area contributed by atoms with E-state index in [1.807, 2.05) is 42.5 Å². The second-order valence-corrected chi connectivity index (χ2v) is 6.42. The minimum Gasteiger partial charge on any atom is -0.459 e. The van der Waals surface area contributed by atoms with E-state index >= 15 is 0 Å². The molecule has 1 aromatic carbocycles. The lowest BCUT2D eigenvalue weighted by Crippen LogP contribution is -2.47. The molecule has 5 nitrogen and oxygen atoms in total. The first-order chi connectivity index (χ1) is 11.8. The molecule has 3 heterocycles. The molecule has 2 saturated heterocycles. The standard InChI is InChI=1S/C19H23N3O2/c1-20-19(22-16-11-14-7-10-18(16)23-14)21-12-15-8-9-17(24-15)13-5-3-2-4-6-13/h2-6,8-9,14,16,18H,7,10-12H2,1H3,(H2,20,21,22). The number of fused-ring (bicyclic) bond motifs is 2. The Balaban J connectivity index is 1.33. The van der Waals surface area contributed by atoms with Crippen molar-refractivity contribution in [1.29, 1.82) is 0 Å². The van der Waals surface area contributed by atoms with Gasteiger partial charge in [-0.05, 0) is 31.4 Å². The molecule has 3 unspecified atom stereocenters. The summed E-state index contributed by atoms with van der Waals surface area (Å²) in [5.41, 5.74) is 1.09. The molecule has 126 valence electrons. The van der Waals surface area contributed by atoms with Crippen molar-refractivity contribution in [3.8, 4) is 11.3 Å². The molecule has 2 N–H and O–H groups in total. The predicted molar refractivity (Wildman–Crippen MR) is 93.8 cm³/mol. The number of aliphatic imine (C=N–C) groups is 1. The van der Waals surface area contributed by atoms with E-state index in [1.165, 1.54) is 6.42 Å². The summed E-state index contributed by atoms with van der Waals surface area (Å²) >= 11 is 0. The van der Waals surface area contributed by atoms with E-state index in [0.717, 1.165) is 35.9 Å². The quantitative estimate of drug-likeness (QED) is 0.670. The third-order valence-electron chi connectivity index (χ3n) is 4.80. The van der Waals surface area contributed by atoms with Crippen molar-refractivity contribution >= 4 is 5.96 Å². The summed E-state index contributed by atoms with van der Waals surface area (Å²) in [6.07, 6.45) is 4.19. The molecular weight excluding hydrogens is 302 g/mol. The molecule has 24 heavy (non-hydrogen) atoms. The minimum atomic E-state index is 0.335. The summed E-state index contributed by atoms with van der Waals surface area (Å²) in [5, 5.41) is 6.80. The van der Waals surface area contributed by atoms with Gasteiger partial charge in [-0.1, -0.05) is 30.3 Å². The molecule has 0 radical (unpaired) electrons. The Bertz CT molecular complexity index is 710. The van der Waals surface area contributed by atoms with Crippen LogP contribution in [0.15, 0.2) is 51.9 Å². The van der Waals surface area contributed by atoms with Crippen molar-refractivity contribution in [2.75, 3.05) is 7.05 Å². The third-order valence-corrected chi connectivity index (χ3v) is 4.80. The van der Waals surface area contributed by atoms with E-state index in [-0.39, 0.29) is 0 Å². The average Bonchev–Trinajstić information content (AvgIpc) is 3.36. The maximum atomic E-state index is 5.91. The monoisotopic (exact) mass is 325 g/mol. The zero-order valence-corrected chi connectivity index (χ0v) is 13.9. The molecule has 2 aliphatic heterocycles. The normalized spacial score (nSPS) is 25.9. The molecule has 3 atom stereocenters. The highest BCUT2D eigenvalue weighted by Gasteiger charge is 2.41. The van der Waals surface area contributed by atoms with Crippen molar-refractivity contribution in [2.45, 2.75) is 44.1 Å². The molecule has 2 aromatic rings. The molecular formula is C19H23N3O2. The Morgan fingerprint density at radius 2 is 2.04 bits per heavy atom. The van der Waals surface area contributed by atoms with Crippen LogP contribution in [0.5, 0.6) is 0 Å². The maximum Gasteiger partial charge on any atom is 0.191 e. The number of guanidine groups is 1. The van der Waals surface area contributed by atoms with Crippen LogP contribution < -0.4 is 10.6 Å². The van der Waals surface area contributed by atoms with Crippen LogP contribution in [-0.4, -0.2) is 31.3 Å². The zero-order chi connectivity index (χ0) is 16.4. The van der Waals surface area contributed by atoms with Gasteiger partial charge in [0.25, 0.3) is 0 Å². The number of hydrogen-bond acceptors (Lipinski definition) is 3. The Kier molecular flexibility index (Phi) is 4.26. The van der Waals surface area contributed by atoms with Crippen LogP contribution >= 0.6 is 0 Å². The molecule has 0 spiro atoms. The van der Waals surface area contributed by atoms with Gasteiger partial charge >= 0.3 is 0 Å². The second-order valence-electron chi connectivity index (χ2n) is 6.42. The molecule has 0 saturated carbocycles. The predicted octanol–water partition coefficient (Wildman–Crippen LogP) is 2.93. The third kappa shape index (κ3) is 3.17. The Labute approximate surface area is 142 Å². The first-order valence-corrected chi connectivity index (χ1v) is 8.58. The van der Waals surface area contributed by atoms with Gasteiger partial charge in [-0.3, -0.25) is 4.99 Å². The van der Waals surface area contributed by atoms with Crippen molar-refractivity contribution < 1.29 is 9.15 Å². The van der Waals surface area contributed by atoms with Crippen LogP contribution in [0.3, 0.4) is 0 Å². The number of benzene rings is 1. The molecule has 2 aliphatic rings. The Morgan fingerprint density at radius 3 is 2.75 bits per heavy atom. The van der Waals surface area contributed by atoms with E-state index in [2.05, 4.69) is 15.6 Å². The SMILES string of the molecule is CN=C(NCc1ccc(-c2ccccc2)o1)NC1CC2CCC1O2. The van der Waals surface area contributed by atoms with Crippen LogP contribution in [-0.2, 0) is 11.3 Å². The highest BCUT2D eigenvalue weighted by atomic mass is 16.5. The fourth-order valence-electron chi connectivity index (χ4n) is 3.56. The van der Waals surface area contributed by atoms with Crippen LogP contribution in [0, 0.1) is 0 Å². The highest BCUT2D eigenvalue weighted by Crippen LogP contribution is 2.34. The molecule has 0 aliphatic carbocycles. The zero-order valence-electron chi connectivity index (χ0n) is 13.9. The van der Waals surface area contributed by atoms with Crippen molar-refractivity contribution in [3.63, 3.8) is 0 Å². The van der Waals surface area contributed by atoms with Gasteiger partial charge in [-0.15, -0.1) is 0 Å². The van der Waals surface area contributed by atoms with Gasteiger partial charge in [0, 0.05) is 12.6 Å². The summed E-state index contributed by atoms with van der Waals surface area (Å²) in [4.78, 5) is 4.31. The van der Waals surface area contributed by atoms with E-state index in [9.17, 15) is 0 Å². The van der Waals surface area contributed by atoms with Crippen LogP contribution in [0.4, 0.5) is 0 Å². The van der Waals surface area contributed by atoms with E-state index < -0.39 is 0 Å². The van der Waals surface area contributed by atoms with Crippen LogP contribution in [0.25, 0.3) is 11.3 Å². The Hall–Kier alpha value is -2.27. The van der Waals surface area contributed by atoms with Crippen molar-refractivity contribution in [2.24, 2.45) is 4.99 Å². The first-order valence-electron chi connectivity index (χ1n) is 8.58. The van der Waals surface area contributed by atoms with Crippen LogP contribution in [0.2, 0.25) is 0 Å². The number of rotatable bonds is 4. The lowest BCUT2D eigenvalue weighted by Gasteiger charge is -2.22. The molecule has 4 rings (SSSR count). The fourth-order valence-corrected chi connectivity index (χ4v) is 3.56. The number of furan rings is 1. The van der Waals surface area contributed by atoms with E-state index in [4.69, 9.17) is 9.15 Å². The molecule has 2 bridgehead atoms. The Morgan fingerprint density at radius 1 is 1.17 bits per heavy atom. The lowest BCUT2D eigenvalue weighted by molar-refractivity contribution is 0.0992. The summed E-state index contributed by atoms with van der Waals surface area (Å²) in [6.45, 7) is 0.605. The van der Waals surface area contributed by atoms with Gasteiger partial charge in [0.15, 0.2) is 5.96 Å². The van der Waals surface area contributed by atoms with Crippen LogP contribution in [0.1, 0.15) is 25.0 Å². The minimum absolute atomic E-state index is 0.335. The van der Waals surface area contributed by atoms with Gasteiger partial charge in [0.2, 0.25) is 0 Å². The second kappa shape index (κ2) is 6.69. The van der Waals surface area contributed by atoms with E-state index in [1.54, 1.807) is 7.05 Å². The topological polar surface area (TPSA) is 58.8 Å². The average molecular weight is 325 g/mol. The van der Waals surface area contributed by atoms with Gasteiger partial charge in [-0.25, -0.2) is 0 Å². The largest absolute Gasteiger partial charge is 0.459 e. The smallest absolute Gasteiger partial charge is 0.191 e. The summed E-state index contributed by atoms with van der Waals surface area (Å²) in [7, 11) is 1.79. The maximum absolute atomic E-state index is 5.91. The number of ether oxygens (including phenoxy) is 1. The van der Waals surface area contributed by atoms with Gasteiger partial charge in [-0.2, -0.15) is 0 Å². The van der Waals surface area contributed by atoms with E-state index in [0.29, 0.717) is 24.8 Å². The summed E-state index contributed by atoms with van der Waals surface area (Å²) < 4.78 is 11.8. The van der Waals surface area contributed by atoms with Crippen molar-refractivity contribution in [1.82, 2.24) is 10.6 Å². The molecule has 5 heteroatoms. The number of nitrogens with one attached hydrogen (secondary N) is 2. The summed E-state index contributed by atoms with van der Waals surface area (Å²) in [5.74, 6) is 2.58. The molecule has 0 amide bonds. The fraction of sp³-hybridized carbons (Fsp3) is 0.421. The van der Waals surface area contributed by atoms with Gasteiger partial charge in [0.05, 0.1) is 24.8 Å². The molecule has 2 fully saturated rings. The highest BCUT2D eigenvalue weighted by molar-refractivity contribution is 5.80. The summed E-state index contributed by atoms with van der Waals surface area (Å²) in [6, 6.07) is 14.5. The van der Waals surface area contributed by atoms with Gasteiger partial charge in [0.1, 0.15) is 11.5 Å².